The third kappa shape index (κ3) is 3.59. The maximum atomic E-state index is 5.45. The second kappa shape index (κ2) is 7.80. The van der Waals surface area contributed by atoms with E-state index in [0.717, 1.165) is 22.4 Å². The van der Waals surface area contributed by atoms with E-state index in [0.29, 0.717) is 17.2 Å². The Bertz CT molecular complexity index is 1140. The number of ether oxygens (including phenoxy) is 3. The molecule has 4 rings (SSSR count). The number of H-pyrrole nitrogens is 1. The minimum atomic E-state index is 0.568. The van der Waals surface area contributed by atoms with Gasteiger partial charge in [0.15, 0.2) is 11.5 Å². The van der Waals surface area contributed by atoms with E-state index >= 15 is 0 Å². The average Bonchev–Trinajstić information content (AvgIpc) is 3.15. The lowest BCUT2D eigenvalue weighted by molar-refractivity contribution is 0.324. The molecule has 5 heteroatoms. The maximum absolute atomic E-state index is 5.45. The monoisotopic (exact) mass is 388 g/mol. The fourth-order valence-corrected chi connectivity index (χ4v) is 3.59. The second-order valence-corrected chi connectivity index (χ2v) is 6.86. The first-order valence-corrected chi connectivity index (χ1v) is 9.38. The standard InChI is InChI=1S/C24H24N2O3/c1-15-7-5-8-16(11-15)19-10-6-9-17-12-22(26-23(17)19)25-18-13-20(27-2)24(29-4)21(14-18)28-3/h5-14,25-26H,1-4H3. The number of benzene rings is 3. The predicted octanol–water partition coefficient (Wildman–Crippen LogP) is 5.91. The fraction of sp³-hybridized carbons (Fsp3) is 0.167. The Kier molecular flexibility index (Phi) is 5.04. The molecule has 2 N–H and O–H groups in total. The molecule has 148 valence electrons. The van der Waals surface area contributed by atoms with Gasteiger partial charge in [-0.25, -0.2) is 0 Å². The number of hydrogen-bond acceptors (Lipinski definition) is 4. The van der Waals surface area contributed by atoms with Gasteiger partial charge in [-0.2, -0.15) is 0 Å². The zero-order chi connectivity index (χ0) is 20.4. The number of nitrogens with one attached hydrogen (secondary N) is 2. The van der Waals surface area contributed by atoms with E-state index in [2.05, 4.69) is 65.8 Å². The number of hydrogen-bond donors (Lipinski definition) is 2. The SMILES string of the molecule is COc1cc(Nc2cc3cccc(-c4cccc(C)c4)c3[nH]2)cc(OC)c1OC. The highest BCUT2D eigenvalue weighted by atomic mass is 16.5. The molecule has 29 heavy (non-hydrogen) atoms. The molecule has 0 saturated carbocycles. The number of anilines is 2. The van der Waals surface area contributed by atoms with Gasteiger partial charge in [0.05, 0.1) is 26.8 Å². The highest BCUT2D eigenvalue weighted by Gasteiger charge is 2.14. The minimum Gasteiger partial charge on any atom is -0.493 e. The summed E-state index contributed by atoms with van der Waals surface area (Å²) in [5.74, 6) is 2.66. The molecule has 0 saturated heterocycles. The number of aromatic amines is 1. The normalized spacial score (nSPS) is 10.8. The topological polar surface area (TPSA) is 55.5 Å². The van der Waals surface area contributed by atoms with E-state index in [1.807, 2.05) is 12.1 Å². The van der Waals surface area contributed by atoms with Crippen LogP contribution in [0.25, 0.3) is 22.0 Å². The molecule has 5 nitrogen and oxygen atoms in total. The Labute approximate surface area is 170 Å². The second-order valence-electron chi connectivity index (χ2n) is 6.86. The first-order chi connectivity index (χ1) is 14.1. The third-order valence-electron chi connectivity index (χ3n) is 4.93. The van der Waals surface area contributed by atoms with Crippen molar-refractivity contribution in [2.45, 2.75) is 6.92 Å². The van der Waals surface area contributed by atoms with Gasteiger partial charge < -0.3 is 24.5 Å². The number of aromatic nitrogens is 1. The first-order valence-electron chi connectivity index (χ1n) is 9.38. The summed E-state index contributed by atoms with van der Waals surface area (Å²) >= 11 is 0. The molecule has 0 unspecified atom stereocenters. The average molecular weight is 388 g/mol. The molecule has 0 fully saturated rings. The number of para-hydroxylation sites is 1. The van der Waals surface area contributed by atoms with Crippen molar-refractivity contribution < 1.29 is 14.2 Å². The number of fused-ring (bicyclic) bond motifs is 1. The van der Waals surface area contributed by atoms with Crippen molar-refractivity contribution >= 4 is 22.4 Å². The van der Waals surface area contributed by atoms with Crippen molar-refractivity contribution in [3.8, 4) is 28.4 Å². The molecular formula is C24H24N2O3. The Balaban J connectivity index is 1.74. The van der Waals surface area contributed by atoms with Crippen LogP contribution in [0.1, 0.15) is 5.56 Å². The van der Waals surface area contributed by atoms with Gasteiger partial charge in [-0.05, 0) is 18.6 Å². The van der Waals surface area contributed by atoms with Gasteiger partial charge in [0.1, 0.15) is 5.82 Å². The van der Waals surface area contributed by atoms with Crippen molar-refractivity contribution in [3.63, 3.8) is 0 Å². The number of methoxy groups -OCH3 is 3. The molecule has 0 bridgehead atoms. The molecule has 0 aliphatic rings. The molecule has 4 aromatic rings. The largest absolute Gasteiger partial charge is 0.493 e. The third-order valence-corrected chi connectivity index (χ3v) is 4.93. The van der Waals surface area contributed by atoms with Crippen molar-refractivity contribution in [3.05, 3.63) is 66.2 Å². The molecular weight excluding hydrogens is 364 g/mol. The Morgan fingerprint density at radius 3 is 2.17 bits per heavy atom. The molecule has 0 aliphatic heterocycles. The van der Waals surface area contributed by atoms with Crippen LogP contribution < -0.4 is 19.5 Å². The summed E-state index contributed by atoms with van der Waals surface area (Å²) in [6.07, 6.45) is 0. The van der Waals surface area contributed by atoms with E-state index in [9.17, 15) is 0 Å². The smallest absolute Gasteiger partial charge is 0.203 e. The summed E-state index contributed by atoms with van der Waals surface area (Å²) in [7, 11) is 4.81. The molecule has 1 heterocycles. The minimum absolute atomic E-state index is 0.568. The Morgan fingerprint density at radius 2 is 1.52 bits per heavy atom. The molecule has 3 aromatic carbocycles. The lowest BCUT2D eigenvalue weighted by Crippen LogP contribution is -1.98. The van der Waals surface area contributed by atoms with Crippen LogP contribution in [-0.4, -0.2) is 26.3 Å². The van der Waals surface area contributed by atoms with Crippen LogP contribution in [0.3, 0.4) is 0 Å². The predicted molar refractivity (Wildman–Crippen MR) is 118 cm³/mol. The Morgan fingerprint density at radius 1 is 0.793 bits per heavy atom. The van der Waals surface area contributed by atoms with Gasteiger partial charge in [0.25, 0.3) is 0 Å². The van der Waals surface area contributed by atoms with E-state index in [1.165, 1.54) is 16.7 Å². The quantitative estimate of drug-likeness (QED) is 0.431. The summed E-state index contributed by atoms with van der Waals surface area (Å²) in [5, 5.41) is 4.55. The molecule has 0 amide bonds. The summed E-state index contributed by atoms with van der Waals surface area (Å²) in [6.45, 7) is 2.11. The van der Waals surface area contributed by atoms with Gasteiger partial charge in [-0.3, -0.25) is 0 Å². The van der Waals surface area contributed by atoms with Crippen LogP contribution in [0, 0.1) is 6.92 Å². The van der Waals surface area contributed by atoms with Crippen molar-refractivity contribution in [2.75, 3.05) is 26.6 Å². The summed E-state index contributed by atoms with van der Waals surface area (Å²) in [5.41, 5.74) is 5.53. The van der Waals surface area contributed by atoms with Crippen LogP contribution in [0.4, 0.5) is 11.5 Å². The summed E-state index contributed by atoms with van der Waals surface area (Å²) < 4.78 is 16.3. The molecule has 0 aliphatic carbocycles. The van der Waals surface area contributed by atoms with Crippen LogP contribution in [0.2, 0.25) is 0 Å². The van der Waals surface area contributed by atoms with E-state index in [4.69, 9.17) is 14.2 Å². The highest BCUT2D eigenvalue weighted by Crippen LogP contribution is 2.41. The van der Waals surface area contributed by atoms with E-state index in [1.54, 1.807) is 21.3 Å². The molecule has 0 spiro atoms. The highest BCUT2D eigenvalue weighted by molar-refractivity contribution is 5.97. The Hall–Kier alpha value is -3.60. The fourth-order valence-electron chi connectivity index (χ4n) is 3.59. The van der Waals surface area contributed by atoms with Crippen molar-refractivity contribution in [2.24, 2.45) is 0 Å². The number of rotatable bonds is 6. The molecule has 1 aromatic heterocycles. The van der Waals surface area contributed by atoms with Gasteiger partial charge in [-0.15, -0.1) is 0 Å². The lowest BCUT2D eigenvalue weighted by atomic mass is 10.0. The zero-order valence-corrected chi connectivity index (χ0v) is 17.0. The van der Waals surface area contributed by atoms with Crippen molar-refractivity contribution in [1.29, 1.82) is 0 Å². The van der Waals surface area contributed by atoms with Crippen LogP contribution in [0.15, 0.2) is 60.7 Å². The molecule has 0 atom stereocenters. The first kappa shape index (κ1) is 18.7. The number of aryl methyl sites for hydroxylation is 1. The van der Waals surface area contributed by atoms with Gasteiger partial charge in [0.2, 0.25) is 5.75 Å². The zero-order valence-electron chi connectivity index (χ0n) is 17.0. The van der Waals surface area contributed by atoms with Crippen LogP contribution in [-0.2, 0) is 0 Å². The van der Waals surface area contributed by atoms with Crippen LogP contribution >= 0.6 is 0 Å². The molecule has 0 radical (unpaired) electrons. The van der Waals surface area contributed by atoms with Crippen molar-refractivity contribution in [1.82, 2.24) is 4.98 Å². The van der Waals surface area contributed by atoms with E-state index < -0.39 is 0 Å². The maximum Gasteiger partial charge on any atom is 0.203 e. The summed E-state index contributed by atoms with van der Waals surface area (Å²) in [6, 6.07) is 20.7. The summed E-state index contributed by atoms with van der Waals surface area (Å²) in [4.78, 5) is 3.51. The lowest BCUT2D eigenvalue weighted by Gasteiger charge is -2.14. The van der Waals surface area contributed by atoms with E-state index in [-0.39, 0.29) is 0 Å². The van der Waals surface area contributed by atoms with Gasteiger partial charge in [0, 0.05) is 28.8 Å². The van der Waals surface area contributed by atoms with Crippen LogP contribution in [0.5, 0.6) is 17.2 Å². The van der Waals surface area contributed by atoms with Gasteiger partial charge >= 0.3 is 0 Å². The van der Waals surface area contributed by atoms with Gasteiger partial charge in [-0.1, -0.05) is 48.0 Å².